The van der Waals surface area contributed by atoms with Crippen molar-refractivity contribution >= 4 is 21.7 Å². The highest BCUT2D eigenvalue weighted by molar-refractivity contribution is 7.89. The molecule has 1 atom stereocenters. The van der Waals surface area contributed by atoms with Crippen molar-refractivity contribution in [3.63, 3.8) is 0 Å². The van der Waals surface area contributed by atoms with Gasteiger partial charge in [0.15, 0.2) is 0 Å². The van der Waals surface area contributed by atoms with Crippen LogP contribution in [0.2, 0.25) is 0 Å². The molecule has 1 aliphatic rings. The standard InChI is InChI=1S/C22H30N4O5S/c1-30-15-13-26(14-16-31-2)32(28,29)20-8-6-18(7-9-20)22(27)24-19-10-12-25(17-19)21-5-3-4-11-23-21/h3-9,11,19H,10,12-17H2,1-2H3,(H,24,27). The summed E-state index contributed by atoms with van der Waals surface area (Å²) in [7, 11) is -0.676. The van der Waals surface area contributed by atoms with Crippen molar-refractivity contribution in [2.24, 2.45) is 0 Å². The smallest absolute Gasteiger partial charge is 0.251 e. The number of aromatic nitrogens is 1. The van der Waals surface area contributed by atoms with Crippen LogP contribution in [0.1, 0.15) is 16.8 Å². The van der Waals surface area contributed by atoms with Crippen LogP contribution in [0, 0.1) is 0 Å². The van der Waals surface area contributed by atoms with E-state index in [-0.39, 0.29) is 43.1 Å². The molecule has 0 saturated carbocycles. The number of hydrogen-bond acceptors (Lipinski definition) is 7. The molecule has 32 heavy (non-hydrogen) atoms. The van der Waals surface area contributed by atoms with Crippen LogP contribution in [0.15, 0.2) is 53.6 Å². The van der Waals surface area contributed by atoms with Crippen molar-refractivity contribution in [2.75, 3.05) is 58.5 Å². The lowest BCUT2D eigenvalue weighted by Gasteiger charge is -2.21. The Balaban J connectivity index is 1.62. The minimum absolute atomic E-state index is 0.00601. The normalized spacial score (nSPS) is 16.5. The van der Waals surface area contributed by atoms with Gasteiger partial charge >= 0.3 is 0 Å². The molecule has 0 bridgehead atoms. The number of benzene rings is 1. The van der Waals surface area contributed by atoms with Gasteiger partial charge in [-0.15, -0.1) is 0 Å². The second-order valence-corrected chi connectivity index (χ2v) is 9.45. The first-order valence-electron chi connectivity index (χ1n) is 10.5. The van der Waals surface area contributed by atoms with Gasteiger partial charge in [0, 0.05) is 58.2 Å². The van der Waals surface area contributed by atoms with Gasteiger partial charge in [-0.05, 0) is 42.8 Å². The Morgan fingerprint density at radius 2 is 1.81 bits per heavy atom. The number of amides is 1. The Morgan fingerprint density at radius 3 is 2.41 bits per heavy atom. The predicted molar refractivity (Wildman–Crippen MR) is 121 cm³/mol. The zero-order valence-corrected chi connectivity index (χ0v) is 19.3. The van der Waals surface area contributed by atoms with Gasteiger partial charge in [0.25, 0.3) is 5.91 Å². The third kappa shape index (κ3) is 6.04. The van der Waals surface area contributed by atoms with Crippen LogP contribution in [0.5, 0.6) is 0 Å². The van der Waals surface area contributed by atoms with E-state index in [1.807, 2.05) is 18.2 Å². The molecule has 3 rings (SSSR count). The monoisotopic (exact) mass is 462 g/mol. The molecule has 0 radical (unpaired) electrons. The molecule has 1 unspecified atom stereocenters. The lowest BCUT2D eigenvalue weighted by atomic mass is 10.2. The second-order valence-electron chi connectivity index (χ2n) is 7.51. The molecular formula is C22H30N4O5S. The van der Waals surface area contributed by atoms with Crippen molar-refractivity contribution < 1.29 is 22.7 Å². The van der Waals surface area contributed by atoms with Crippen molar-refractivity contribution in [1.82, 2.24) is 14.6 Å². The van der Waals surface area contributed by atoms with E-state index in [0.29, 0.717) is 12.1 Å². The molecule has 0 spiro atoms. The first-order valence-corrected chi connectivity index (χ1v) is 11.9. The number of ether oxygens (including phenoxy) is 2. The number of rotatable bonds is 11. The molecule has 1 amide bonds. The van der Waals surface area contributed by atoms with E-state index in [1.165, 1.54) is 30.7 Å². The Morgan fingerprint density at radius 1 is 1.12 bits per heavy atom. The number of pyridine rings is 1. The molecule has 2 aromatic rings. The molecule has 1 aromatic carbocycles. The fraction of sp³-hybridized carbons (Fsp3) is 0.455. The van der Waals surface area contributed by atoms with Crippen LogP contribution in [0.25, 0.3) is 0 Å². The number of anilines is 1. The summed E-state index contributed by atoms with van der Waals surface area (Å²) in [5, 5.41) is 3.03. The molecule has 174 valence electrons. The number of nitrogens with zero attached hydrogens (tertiary/aromatic N) is 3. The Bertz CT molecular complexity index is 962. The van der Waals surface area contributed by atoms with Gasteiger partial charge < -0.3 is 19.7 Å². The summed E-state index contributed by atoms with van der Waals surface area (Å²) in [5.74, 6) is 0.669. The molecular weight excluding hydrogens is 432 g/mol. The topological polar surface area (TPSA) is 101 Å². The minimum atomic E-state index is -3.72. The fourth-order valence-corrected chi connectivity index (χ4v) is 4.97. The van der Waals surface area contributed by atoms with E-state index < -0.39 is 10.0 Å². The van der Waals surface area contributed by atoms with Gasteiger partial charge in [-0.3, -0.25) is 4.79 Å². The summed E-state index contributed by atoms with van der Waals surface area (Å²) in [6.07, 6.45) is 2.57. The maximum absolute atomic E-state index is 13.0. The highest BCUT2D eigenvalue weighted by Gasteiger charge is 2.26. The van der Waals surface area contributed by atoms with Gasteiger partial charge in [-0.25, -0.2) is 13.4 Å². The number of sulfonamides is 1. The van der Waals surface area contributed by atoms with Gasteiger partial charge in [0.05, 0.1) is 18.1 Å². The van der Waals surface area contributed by atoms with Crippen molar-refractivity contribution in [3.05, 3.63) is 54.2 Å². The summed E-state index contributed by atoms with van der Waals surface area (Å²) in [6, 6.07) is 11.8. The number of methoxy groups -OCH3 is 2. The Kier molecular flexibility index (Phi) is 8.57. The lowest BCUT2D eigenvalue weighted by Crippen LogP contribution is -2.37. The second kappa shape index (κ2) is 11.4. The molecule has 2 heterocycles. The quantitative estimate of drug-likeness (QED) is 0.538. The number of carbonyl (C=O) groups is 1. The van der Waals surface area contributed by atoms with Crippen LogP contribution in [0.3, 0.4) is 0 Å². The molecule has 10 heteroatoms. The van der Waals surface area contributed by atoms with E-state index in [0.717, 1.165) is 18.8 Å². The SMILES string of the molecule is COCCN(CCOC)S(=O)(=O)c1ccc(C(=O)NC2CCN(c3ccccn3)C2)cc1. The van der Waals surface area contributed by atoms with Gasteiger partial charge in [-0.1, -0.05) is 6.07 Å². The van der Waals surface area contributed by atoms with E-state index in [1.54, 1.807) is 18.3 Å². The molecule has 1 aliphatic heterocycles. The average molecular weight is 463 g/mol. The summed E-state index contributed by atoms with van der Waals surface area (Å²) < 4.78 is 37.3. The largest absolute Gasteiger partial charge is 0.383 e. The highest BCUT2D eigenvalue weighted by atomic mass is 32.2. The maximum atomic E-state index is 13.0. The molecule has 1 saturated heterocycles. The number of hydrogen-bond donors (Lipinski definition) is 1. The van der Waals surface area contributed by atoms with Gasteiger partial charge in [0.1, 0.15) is 5.82 Å². The lowest BCUT2D eigenvalue weighted by molar-refractivity contribution is 0.0940. The average Bonchev–Trinajstić information content (AvgIpc) is 3.28. The maximum Gasteiger partial charge on any atom is 0.251 e. The highest BCUT2D eigenvalue weighted by Crippen LogP contribution is 2.19. The zero-order valence-electron chi connectivity index (χ0n) is 18.4. The van der Waals surface area contributed by atoms with Gasteiger partial charge in [0.2, 0.25) is 10.0 Å². The summed E-state index contributed by atoms with van der Waals surface area (Å²) in [5.41, 5.74) is 0.417. The molecule has 0 aliphatic carbocycles. The Hall–Kier alpha value is -2.53. The van der Waals surface area contributed by atoms with E-state index in [4.69, 9.17) is 9.47 Å². The van der Waals surface area contributed by atoms with Crippen LogP contribution in [-0.2, 0) is 19.5 Å². The third-order valence-corrected chi connectivity index (χ3v) is 7.25. The van der Waals surface area contributed by atoms with E-state index in [2.05, 4.69) is 15.2 Å². The van der Waals surface area contributed by atoms with Crippen molar-refractivity contribution in [3.8, 4) is 0 Å². The van der Waals surface area contributed by atoms with E-state index in [9.17, 15) is 13.2 Å². The summed E-state index contributed by atoms with van der Waals surface area (Å²) >= 11 is 0. The van der Waals surface area contributed by atoms with E-state index >= 15 is 0 Å². The fourth-order valence-electron chi connectivity index (χ4n) is 3.56. The van der Waals surface area contributed by atoms with Crippen LogP contribution in [0.4, 0.5) is 5.82 Å². The number of nitrogens with one attached hydrogen (secondary N) is 1. The van der Waals surface area contributed by atoms with Crippen LogP contribution in [-0.4, -0.2) is 83.3 Å². The first-order chi connectivity index (χ1) is 15.5. The third-order valence-electron chi connectivity index (χ3n) is 5.34. The first kappa shape index (κ1) is 24.1. The van der Waals surface area contributed by atoms with Crippen molar-refractivity contribution in [2.45, 2.75) is 17.4 Å². The summed E-state index contributed by atoms with van der Waals surface area (Å²) in [6.45, 7) is 2.50. The Labute approximate surface area is 189 Å². The predicted octanol–water partition coefficient (Wildman–Crippen LogP) is 1.37. The summed E-state index contributed by atoms with van der Waals surface area (Å²) in [4.78, 5) is 19.3. The molecule has 9 nitrogen and oxygen atoms in total. The molecule has 1 N–H and O–H groups in total. The molecule has 1 fully saturated rings. The minimum Gasteiger partial charge on any atom is -0.383 e. The van der Waals surface area contributed by atoms with Crippen LogP contribution < -0.4 is 10.2 Å². The van der Waals surface area contributed by atoms with Crippen LogP contribution >= 0.6 is 0 Å². The zero-order chi connectivity index (χ0) is 23.0. The molecule has 1 aromatic heterocycles. The van der Waals surface area contributed by atoms with Crippen molar-refractivity contribution in [1.29, 1.82) is 0 Å². The number of carbonyl (C=O) groups excluding carboxylic acids is 1. The van der Waals surface area contributed by atoms with Gasteiger partial charge in [-0.2, -0.15) is 4.31 Å².